The Hall–Kier alpha value is -6.46. The second-order valence-electron chi connectivity index (χ2n) is 21.4. The van der Waals surface area contributed by atoms with E-state index in [2.05, 4.69) is 197 Å². The summed E-state index contributed by atoms with van der Waals surface area (Å²) in [6.07, 6.45) is 1.89. The van der Waals surface area contributed by atoms with Crippen molar-refractivity contribution in [3.8, 4) is 56.3 Å². The highest BCUT2D eigenvalue weighted by Gasteiger charge is 2.30. The molecule has 0 aliphatic rings. The molecule has 3 aromatic heterocycles. The van der Waals surface area contributed by atoms with Gasteiger partial charge in [-0.3, -0.25) is 9.55 Å². The van der Waals surface area contributed by atoms with Crippen LogP contribution in [-0.2, 0) is 21.7 Å². The first kappa shape index (κ1) is 41.9. The summed E-state index contributed by atoms with van der Waals surface area (Å²) < 4.78 is 8.83. The van der Waals surface area contributed by atoms with Crippen molar-refractivity contribution in [1.29, 1.82) is 0 Å². The summed E-state index contributed by atoms with van der Waals surface area (Å²) >= 11 is 0. The molecule has 0 spiro atoms. The number of aromatic hydroxyl groups is 1. The second kappa shape index (κ2) is 14.8. The summed E-state index contributed by atoms with van der Waals surface area (Å²) in [5.41, 5.74) is 14.8. The van der Waals surface area contributed by atoms with Gasteiger partial charge in [0.1, 0.15) is 22.9 Å². The van der Waals surface area contributed by atoms with Gasteiger partial charge in [-0.1, -0.05) is 162 Å². The maximum Gasteiger partial charge on any atom is 0.161 e. The van der Waals surface area contributed by atoms with E-state index in [1.807, 2.05) is 24.4 Å². The molecule has 1 N–H and O–H groups in total. The Bertz CT molecular complexity index is 3210. The first-order valence-electron chi connectivity index (χ1n) is 22.2. The van der Waals surface area contributed by atoms with E-state index in [1.54, 1.807) is 0 Å². The smallest absolute Gasteiger partial charge is 0.161 e. The average Bonchev–Trinajstić information content (AvgIpc) is 3.81. The summed E-state index contributed by atoms with van der Waals surface area (Å²) in [7, 11) is 0. The van der Waals surface area contributed by atoms with Crippen molar-refractivity contribution in [1.82, 2.24) is 14.5 Å². The Balaban J connectivity index is 1.39. The number of imidazole rings is 1. The van der Waals surface area contributed by atoms with Crippen LogP contribution in [0.4, 0.5) is 0 Å². The average molecular weight is 830 g/mol. The summed E-state index contributed by atoms with van der Waals surface area (Å²) in [6, 6.07) is 45.3. The zero-order valence-corrected chi connectivity index (χ0v) is 38.9. The van der Waals surface area contributed by atoms with Crippen molar-refractivity contribution < 1.29 is 9.52 Å². The molecule has 3 heterocycles. The van der Waals surface area contributed by atoms with Gasteiger partial charge in [-0.15, -0.1) is 0 Å². The molecule has 0 aliphatic heterocycles. The number of benzene rings is 6. The summed E-state index contributed by atoms with van der Waals surface area (Å²) in [5.74, 6) is 0.941. The van der Waals surface area contributed by atoms with Gasteiger partial charge in [-0.2, -0.15) is 0 Å². The van der Waals surface area contributed by atoms with Crippen LogP contribution in [0.5, 0.6) is 5.75 Å². The van der Waals surface area contributed by atoms with Gasteiger partial charge in [0.25, 0.3) is 0 Å². The number of furan rings is 1. The number of fused-ring (bicyclic) bond motifs is 4. The molecule has 5 nitrogen and oxygen atoms in total. The van der Waals surface area contributed by atoms with Crippen LogP contribution in [0.15, 0.2) is 138 Å². The van der Waals surface area contributed by atoms with Crippen LogP contribution in [-0.4, -0.2) is 19.6 Å². The van der Waals surface area contributed by atoms with Crippen molar-refractivity contribution in [2.45, 2.75) is 105 Å². The topological polar surface area (TPSA) is 64.1 Å². The summed E-state index contributed by atoms with van der Waals surface area (Å²) in [5, 5.41) is 14.7. The van der Waals surface area contributed by atoms with E-state index in [9.17, 15) is 5.11 Å². The van der Waals surface area contributed by atoms with Gasteiger partial charge >= 0.3 is 0 Å². The monoisotopic (exact) mass is 829 g/mol. The maximum absolute atomic E-state index is 12.5. The molecule has 0 saturated heterocycles. The molecule has 0 fully saturated rings. The Kier molecular flexibility index (Phi) is 9.86. The zero-order valence-electron chi connectivity index (χ0n) is 38.9. The number of pyridine rings is 1. The highest BCUT2D eigenvalue weighted by atomic mass is 16.3. The lowest BCUT2D eigenvalue weighted by atomic mass is 9.79. The van der Waals surface area contributed by atoms with Crippen LogP contribution in [0.25, 0.3) is 83.6 Å². The van der Waals surface area contributed by atoms with Crippen LogP contribution in [0.2, 0.25) is 0 Å². The molecule has 0 radical (unpaired) electrons. The number of hydrogen-bond donors (Lipinski definition) is 1. The third-order valence-electron chi connectivity index (χ3n) is 12.6. The first-order chi connectivity index (χ1) is 29.7. The highest BCUT2D eigenvalue weighted by Crippen LogP contribution is 2.46. The molecule has 9 aromatic rings. The fourth-order valence-electron chi connectivity index (χ4n) is 8.82. The van der Waals surface area contributed by atoms with Crippen molar-refractivity contribution in [3.05, 3.63) is 156 Å². The standard InChI is InChI=1S/C58H59N3O2/c1-55(2,3)38-25-26-47(44(32-38)35-19-14-13-15-20-35)61-48-23-18-22-41(51(48)60-54(61)45-33-40(57(7,8)9)34-46(52(45)62)58(10,11)12)36-29-37(31-39(30-36)56(4,5)6)50-53-43(27-28-59-50)42-21-16-17-24-49(42)63-53/h13-34,62H,1-12H3. The van der Waals surface area contributed by atoms with Gasteiger partial charge in [0.2, 0.25) is 0 Å². The molecular formula is C58H59N3O2. The minimum Gasteiger partial charge on any atom is -0.507 e. The quantitative estimate of drug-likeness (QED) is 0.188. The van der Waals surface area contributed by atoms with Crippen LogP contribution in [0.1, 0.15) is 105 Å². The number of phenols is 1. The van der Waals surface area contributed by atoms with Crippen molar-refractivity contribution in [3.63, 3.8) is 0 Å². The molecule has 0 unspecified atom stereocenters. The largest absolute Gasteiger partial charge is 0.507 e. The van der Waals surface area contributed by atoms with Gasteiger partial charge in [-0.25, -0.2) is 4.98 Å². The Morgan fingerprint density at radius 1 is 0.508 bits per heavy atom. The van der Waals surface area contributed by atoms with Gasteiger partial charge < -0.3 is 9.52 Å². The van der Waals surface area contributed by atoms with Crippen LogP contribution in [0.3, 0.4) is 0 Å². The number of phenolic OH excluding ortho intramolecular Hbond substituents is 1. The SMILES string of the molecule is CC(C)(C)c1cc(-c2cccc3c2nc(-c2cc(C(C)(C)C)cc(C(C)(C)C)c2O)n3-c2ccc(C(C)(C)C)cc2-c2ccccc2)cc(-c2nccc3c2oc2ccccc23)c1. The Morgan fingerprint density at radius 3 is 1.86 bits per heavy atom. The molecule has 9 rings (SSSR count). The molecule has 0 saturated carbocycles. The number of nitrogens with zero attached hydrogens (tertiary/aromatic N) is 3. The lowest BCUT2D eigenvalue weighted by Crippen LogP contribution is -2.17. The zero-order chi connectivity index (χ0) is 44.8. The van der Waals surface area contributed by atoms with Gasteiger partial charge in [-0.05, 0) is 98.0 Å². The summed E-state index contributed by atoms with van der Waals surface area (Å²) in [4.78, 5) is 10.7. The van der Waals surface area contributed by atoms with Crippen LogP contribution < -0.4 is 0 Å². The van der Waals surface area contributed by atoms with Gasteiger partial charge in [0.05, 0.1) is 22.3 Å². The number of hydrogen-bond acceptors (Lipinski definition) is 4. The number of aromatic nitrogens is 3. The maximum atomic E-state index is 12.5. The number of para-hydroxylation sites is 2. The van der Waals surface area contributed by atoms with E-state index in [1.165, 1.54) is 11.1 Å². The van der Waals surface area contributed by atoms with E-state index in [0.29, 0.717) is 11.4 Å². The third kappa shape index (κ3) is 7.52. The predicted octanol–water partition coefficient (Wildman–Crippen LogP) is 15.9. The molecule has 0 amide bonds. The summed E-state index contributed by atoms with van der Waals surface area (Å²) in [6.45, 7) is 26.7. The lowest BCUT2D eigenvalue weighted by molar-refractivity contribution is 0.446. The fourth-order valence-corrected chi connectivity index (χ4v) is 8.82. The van der Waals surface area contributed by atoms with Gasteiger partial charge in [0, 0.05) is 39.2 Å². The van der Waals surface area contributed by atoms with Crippen LogP contribution >= 0.6 is 0 Å². The minimum atomic E-state index is -0.327. The molecule has 0 aliphatic carbocycles. The van der Waals surface area contributed by atoms with Gasteiger partial charge in [0.15, 0.2) is 5.58 Å². The molecular weight excluding hydrogens is 771 g/mol. The third-order valence-corrected chi connectivity index (χ3v) is 12.6. The molecule has 63 heavy (non-hydrogen) atoms. The van der Waals surface area contributed by atoms with E-state index in [-0.39, 0.29) is 27.4 Å². The highest BCUT2D eigenvalue weighted by molar-refractivity contribution is 6.09. The van der Waals surface area contributed by atoms with E-state index in [0.717, 1.165) is 83.3 Å². The molecule has 5 heteroatoms. The van der Waals surface area contributed by atoms with E-state index < -0.39 is 0 Å². The molecule has 0 bridgehead atoms. The van der Waals surface area contributed by atoms with Crippen LogP contribution in [0, 0.1) is 0 Å². The van der Waals surface area contributed by atoms with E-state index in [4.69, 9.17) is 14.4 Å². The number of rotatable bonds is 5. The fraction of sp³-hybridized carbons (Fsp3) is 0.276. The Labute approximate surface area is 372 Å². The van der Waals surface area contributed by atoms with Crippen molar-refractivity contribution >= 4 is 33.0 Å². The van der Waals surface area contributed by atoms with E-state index >= 15 is 0 Å². The molecule has 6 aromatic carbocycles. The predicted molar refractivity (Wildman–Crippen MR) is 264 cm³/mol. The molecule has 318 valence electrons. The normalized spacial score (nSPS) is 12.8. The lowest BCUT2D eigenvalue weighted by Gasteiger charge is -2.28. The first-order valence-corrected chi connectivity index (χ1v) is 22.2. The van der Waals surface area contributed by atoms with Crippen molar-refractivity contribution in [2.24, 2.45) is 0 Å². The molecule has 0 atom stereocenters. The van der Waals surface area contributed by atoms with Crippen molar-refractivity contribution in [2.75, 3.05) is 0 Å². The Morgan fingerprint density at radius 2 is 1.16 bits per heavy atom. The minimum absolute atomic E-state index is 0.0761. The second-order valence-corrected chi connectivity index (χ2v) is 21.4.